The summed E-state index contributed by atoms with van der Waals surface area (Å²) < 4.78 is 0. The zero-order valence-electron chi connectivity index (χ0n) is 11.5. The largest absolute Gasteiger partial charge is 0.393 e. The monoisotopic (exact) mass is 262 g/mol. The molecule has 2 rings (SSSR count). The summed E-state index contributed by atoms with van der Waals surface area (Å²) in [5, 5.41) is 12.5. The number of carbonyl (C=O) groups excluding carboxylic acids is 1. The molecule has 0 spiro atoms. The maximum atomic E-state index is 12.2. The third-order valence-electron chi connectivity index (χ3n) is 3.91. The van der Waals surface area contributed by atoms with Crippen molar-refractivity contribution in [3.8, 4) is 0 Å². The van der Waals surface area contributed by atoms with Crippen LogP contribution >= 0.6 is 0 Å². The third-order valence-corrected chi connectivity index (χ3v) is 3.91. The lowest BCUT2D eigenvalue weighted by Gasteiger charge is -2.24. The first-order chi connectivity index (χ1) is 9.08. The molecule has 0 aromatic heterocycles. The molecule has 104 valence electrons. The highest BCUT2D eigenvalue weighted by Crippen LogP contribution is 2.22. The number of benzene rings is 1. The van der Waals surface area contributed by atoms with E-state index in [0.717, 1.165) is 25.2 Å². The zero-order chi connectivity index (χ0) is 13.8. The van der Waals surface area contributed by atoms with Crippen LogP contribution in [0.25, 0.3) is 0 Å². The van der Waals surface area contributed by atoms with Gasteiger partial charge in [0, 0.05) is 12.2 Å². The van der Waals surface area contributed by atoms with Crippen molar-refractivity contribution in [3.63, 3.8) is 0 Å². The van der Waals surface area contributed by atoms with Crippen LogP contribution in [0.1, 0.15) is 20.3 Å². The van der Waals surface area contributed by atoms with Crippen LogP contribution in [-0.2, 0) is 4.79 Å². The van der Waals surface area contributed by atoms with E-state index in [0.29, 0.717) is 0 Å². The molecule has 1 fully saturated rings. The molecular formula is C15H22N2O2. The molecule has 0 saturated carbocycles. The number of carbonyl (C=O) groups is 1. The van der Waals surface area contributed by atoms with Gasteiger partial charge in [-0.2, -0.15) is 0 Å². The summed E-state index contributed by atoms with van der Waals surface area (Å²) in [6, 6.07) is 9.33. The van der Waals surface area contributed by atoms with Crippen LogP contribution in [0.15, 0.2) is 30.3 Å². The van der Waals surface area contributed by atoms with Crippen LogP contribution in [0.4, 0.5) is 5.69 Å². The van der Waals surface area contributed by atoms with Gasteiger partial charge in [0.25, 0.3) is 0 Å². The van der Waals surface area contributed by atoms with Gasteiger partial charge in [0.2, 0.25) is 5.91 Å². The summed E-state index contributed by atoms with van der Waals surface area (Å²) in [6.45, 7) is 5.41. The number of anilines is 1. The predicted octanol–water partition coefficient (Wildman–Crippen LogP) is 1.72. The Morgan fingerprint density at radius 1 is 1.37 bits per heavy atom. The van der Waals surface area contributed by atoms with Crippen LogP contribution in [0.2, 0.25) is 0 Å². The Labute approximate surface area is 114 Å². The number of amides is 1. The lowest BCUT2D eigenvalue weighted by atomic mass is 10.0. The van der Waals surface area contributed by atoms with Gasteiger partial charge in [-0.25, -0.2) is 0 Å². The summed E-state index contributed by atoms with van der Waals surface area (Å²) in [6.07, 6.45) is 0.662. The normalized spacial score (nSPS) is 23.0. The highest BCUT2D eigenvalue weighted by atomic mass is 16.3. The standard InChI is InChI=1S/C15H22N2O2/c1-11(17-9-8-13(10-17)12(2)18)15(19)16-14-6-4-3-5-7-14/h3-7,11-13,18H,8-10H2,1-2H3,(H,16,19). The van der Waals surface area contributed by atoms with Crippen LogP contribution in [0, 0.1) is 5.92 Å². The van der Waals surface area contributed by atoms with Crippen LogP contribution in [-0.4, -0.2) is 41.1 Å². The van der Waals surface area contributed by atoms with Crippen molar-refractivity contribution in [1.29, 1.82) is 0 Å². The van der Waals surface area contributed by atoms with Gasteiger partial charge in [0.15, 0.2) is 0 Å². The number of nitrogens with one attached hydrogen (secondary N) is 1. The van der Waals surface area contributed by atoms with E-state index in [4.69, 9.17) is 0 Å². The van der Waals surface area contributed by atoms with Crippen molar-refractivity contribution in [3.05, 3.63) is 30.3 Å². The van der Waals surface area contributed by atoms with Gasteiger partial charge in [-0.15, -0.1) is 0 Å². The zero-order valence-corrected chi connectivity index (χ0v) is 11.5. The minimum Gasteiger partial charge on any atom is -0.393 e. The summed E-state index contributed by atoms with van der Waals surface area (Å²) in [4.78, 5) is 14.3. The molecule has 0 radical (unpaired) electrons. The number of aliphatic hydroxyl groups excluding tert-OH is 1. The van der Waals surface area contributed by atoms with E-state index >= 15 is 0 Å². The van der Waals surface area contributed by atoms with Crippen molar-refractivity contribution in [2.45, 2.75) is 32.4 Å². The number of hydrogen-bond donors (Lipinski definition) is 2. The number of para-hydroxylation sites is 1. The van der Waals surface area contributed by atoms with Gasteiger partial charge in [-0.3, -0.25) is 9.69 Å². The summed E-state index contributed by atoms with van der Waals surface area (Å²) in [5.74, 6) is 0.296. The highest BCUT2D eigenvalue weighted by molar-refractivity contribution is 5.94. The third kappa shape index (κ3) is 3.55. The van der Waals surface area contributed by atoms with E-state index in [9.17, 15) is 9.90 Å². The molecule has 1 aromatic carbocycles. The van der Waals surface area contributed by atoms with Crippen molar-refractivity contribution < 1.29 is 9.90 Å². The number of hydrogen-bond acceptors (Lipinski definition) is 3. The second-order valence-corrected chi connectivity index (χ2v) is 5.32. The molecular weight excluding hydrogens is 240 g/mol. The first kappa shape index (κ1) is 14.0. The Morgan fingerprint density at radius 3 is 2.63 bits per heavy atom. The van der Waals surface area contributed by atoms with Crippen LogP contribution < -0.4 is 5.32 Å². The Hall–Kier alpha value is -1.39. The number of likely N-dealkylation sites (tertiary alicyclic amines) is 1. The summed E-state index contributed by atoms with van der Waals surface area (Å²) >= 11 is 0. The lowest BCUT2D eigenvalue weighted by Crippen LogP contribution is -2.41. The number of nitrogens with zero attached hydrogens (tertiary/aromatic N) is 1. The molecule has 1 aliphatic heterocycles. The Bertz CT molecular complexity index is 419. The topological polar surface area (TPSA) is 52.6 Å². The van der Waals surface area contributed by atoms with Gasteiger partial charge in [-0.1, -0.05) is 18.2 Å². The van der Waals surface area contributed by atoms with Crippen LogP contribution in [0.5, 0.6) is 0 Å². The predicted molar refractivity (Wildman–Crippen MR) is 75.9 cm³/mol. The molecule has 2 N–H and O–H groups in total. The van der Waals surface area contributed by atoms with E-state index in [1.807, 2.05) is 44.2 Å². The van der Waals surface area contributed by atoms with Gasteiger partial charge < -0.3 is 10.4 Å². The molecule has 3 atom stereocenters. The molecule has 1 amide bonds. The first-order valence-corrected chi connectivity index (χ1v) is 6.86. The van der Waals surface area contributed by atoms with Crippen LogP contribution in [0.3, 0.4) is 0 Å². The quantitative estimate of drug-likeness (QED) is 0.868. The maximum Gasteiger partial charge on any atom is 0.241 e. The fourth-order valence-corrected chi connectivity index (χ4v) is 2.49. The lowest BCUT2D eigenvalue weighted by molar-refractivity contribution is -0.120. The van der Waals surface area contributed by atoms with Gasteiger partial charge >= 0.3 is 0 Å². The number of rotatable bonds is 4. The Kier molecular flexibility index (Phi) is 4.56. The summed E-state index contributed by atoms with van der Waals surface area (Å²) in [7, 11) is 0. The molecule has 4 nitrogen and oxygen atoms in total. The molecule has 4 heteroatoms. The molecule has 3 unspecified atom stereocenters. The van der Waals surface area contributed by atoms with Gasteiger partial charge in [0.05, 0.1) is 12.1 Å². The Morgan fingerprint density at radius 2 is 2.05 bits per heavy atom. The minimum absolute atomic E-state index is 0.0115. The smallest absolute Gasteiger partial charge is 0.241 e. The van der Waals surface area contributed by atoms with E-state index < -0.39 is 0 Å². The molecule has 19 heavy (non-hydrogen) atoms. The summed E-state index contributed by atoms with van der Waals surface area (Å²) in [5.41, 5.74) is 0.825. The second-order valence-electron chi connectivity index (χ2n) is 5.32. The van der Waals surface area contributed by atoms with Crippen molar-refractivity contribution in [2.24, 2.45) is 5.92 Å². The van der Waals surface area contributed by atoms with E-state index in [2.05, 4.69) is 10.2 Å². The average Bonchev–Trinajstić information content (AvgIpc) is 2.88. The fraction of sp³-hybridized carbons (Fsp3) is 0.533. The van der Waals surface area contributed by atoms with Crippen molar-refractivity contribution in [2.75, 3.05) is 18.4 Å². The number of aliphatic hydroxyl groups is 1. The van der Waals surface area contributed by atoms with Crippen molar-refractivity contribution in [1.82, 2.24) is 4.90 Å². The molecule has 0 bridgehead atoms. The maximum absolute atomic E-state index is 12.2. The minimum atomic E-state index is -0.297. The van der Waals surface area contributed by atoms with Gasteiger partial charge in [-0.05, 0) is 44.9 Å². The molecule has 0 aliphatic carbocycles. The first-order valence-electron chi connectivity index (χ1n) is 6.86. The molecule has 1 saturated heterocycles. The second kappa shape index (κ2) is 6.17. The van der Waals surface area contributed by atoms with Crippen molar-refractivity contribution >= 4 is 11.6 Å². The van der Waals surface area contributed by atoms with E-state index in [1.165, 1.54) is 0 Å². The molecule has 1 aromatic rings. The average molecular weight is 262 g/mol. The fourth-order valence-electron chi connectivity index (χ4n) is 2.49. The molecule has 1 aliphatic rings. The highest BCUT2D eigenvalue weighted by Gasteiger charge is 2.31. The molecule has 1 heterocycles. The van der Waals surface area contributed by atoms with E-state index in [1.54, 1.807) is 0 Å². The SMILES string of the molecule is CC(O)C1CCN(C(C)C(=O)Nc2ccccc2)C1. The van der Waals surface area contributed by atoms with E-state index in [-0.39, 0.29) is 24.0 Å². The Balaban J connectivity index is 1.90. The van der Waals surface area contributed by atoms with Gasteiger partial charge in [0.1, 0.15) is 0 Å².